The first kappa shape index (κ1) is 13.9. The van der Waals surface area contributed by atoms with Crippen LogP contribution < -0.4 is 10.6 Å². The molecule has 1 heterocycles. The van der Waals surface area contributed by atoms with Gasteiger partial charge in [-0.1, -0.05) is 23.2 Å². The molecular weight excluding hydrogens is 283 g/mol. The van der Waals surface area contributed by atoms with Gasteiger partial charge in [0.2, 0.25) is 5.95 Å². The van der Waals surface area contributed by atoms with E-state index in [9.17, 15) is 0 Å². The minimum atomic E-state index is 0.577. The fourth-order valence-electron chi connectivity index (χ4n) is 1.57. The third kappa shape index (κ3) is 3.72. The van der Waals surface area contributed by atoms with Crippen molar-refractivity contribution in [3.05, 3.63) is 40.0 Å². The van der Waals surface area contributed by atoms with E-state index >= 15 is 0 Å². The highest BCUT2D eigenvalue weighted by Gasteiger charge is 2.05. The molecule has 0 atom stereocenters. The number of nitrogens with one attached hydrogen (secondary N) is 2. The number of hydrogen-bond donors (Lipinski definition) is 2. The van der Waals surface area contributed by atoms with E-state index in [-0.39, 0.29) is 0 Å². The summed E-state index contributed by atoms with van der Waals surface area (Å²) in [4.78, 5) is 8.59. The van der Waals surface area contributed by atoms with Gasteiger partial charge in [0.25, 0.3) is 0 Å². The third-order valence-electron chi connectivity index (χ3n) is 2.43. The first-order valence-electron chi connectivity index (χ1n) is 5.89. The predicted octanol–water partition coefficient (Wildman–Crippen LogP) is 4.27. The van der Waals surface area contributed by atoms with Crippen LogP contribution in [0.15, 0.2) is 24.4 Å². The van der Waals surface area contributed by atoms with Gasteiger partial charge in [0.05, 0.1) is 0 Å². The second-order valence-corrected chi connectivity index (χ2v) is 4.91. The van der Waals surface area contributed by atoms with Gasteiger partial charge in [-0.15, -0.1) is 0 Å². The van der Waals surface area contributed by atoms with Crippen molar-refractivity contribution in [1.82, 2.24) is 9.97 Å². The summed E-state index contributed by atoms with van der Waals surface area (Å²) >= 11 is 11.9. The van der Waals surface area contributed by atoms with Crippen molar-refractivity contribution in [2.24, 2.45) is 0 Å². The Bertz CT molecular complexity index is 567. The standard InChI is InChI=1S/C13H14Cl2N4/c1-3-16-13-17-7-8(2)12(19-13)18-11-5-9(14)4-10(15)6-11/h4-7H,3H2,1-2H3,(H2,16,17,18,19). The second-order valence-electron chi connectivity index (χ2n) is 4.04. The Balaban J connectivity index is 2.28. The molecule has 0 radical (unpaired) electrons. The molecule has 2 aromatic rings. The highest BCUT2D eigenvalue weighted by atomic mass is 35.5. The maximum absolute atomic E-state index is 5.97. The molecule has 19 heavy (non-hydrogen) atoms. The first-order valence-corrected chi connectivity index (χ1v) is 6.64. The Hall–Kier alpha value is -1.52. The highest BCUT2D eigenvalue weighted by Crippen LogP contribution is 2.25. The molecule has 100 valence electrons. The van der Waals surface area contributed by atoms with Crippen LogP contribution in [0.2, 0.25) is 10.0 Å². The van der Waals surface area contributed by atoms with Crippen LogP contribution in [-0.2, 0) is 0 Å². The van der Waals surface area contributed by atoms with Gasteiger partial charge < -0.3 is 10.6 Å². The molecule has 0 amide bonds. The molecule has 4 nitrogen and oxygen atoms in total. The van der Waals surface area contributed by atoms with Crippen LogP contribution in [0.5, 0.6) is 0 Å². The number of aryl methyl sites for hydroxylation is 1. The fraction of sp³-hybridized carbons (Fsp3) is 0.231. The van der Waals surface area contributed by atoms with Crippen molar-refractivity contribution in [2.45, 2.75) is 13.8 Å². The van der Waals surface area contributed by atoms with Crippen molar-refractivity contribution >= 4 is 40.7 Å². The molecule has 0 spiro atoms. The average molecular weight is 297 g/mol. The van der Waals surface area contributed by atoms with Crippen LogP contribution in [0.3, 0.4) is 0 Å². The minimum absolute atomic E-state index is 0.577. The zero-order valence-electron chi connectivity index (χ0n) is 10.7. The monoisotopic (exact) mass is 296 g/mol. The zero-order chi connectivity index (χ0) is 13.8. The van der Waals surface area contributed by atoms with Gasteiger partial charge in [0.15, 0.2) is 0 Å². The zero-order valence-corrected chi connectivity index (χ0v) is 12.2. The quantitative estimate of drug-likeness (QED) is 0.885. The van der Waals surface area contributed by atoms with Gasteiger partial charge in [-0.2, -0.15) is 4.98 Å². The number of nitrogens with zero attached hydrogens (tertiary/aromatic N) is 2. The maximum atomic E-state index is 5.97. The molecular formula is C13H14Cl2N4. The number of halogens is 2. The van der Waals surface area contributed by atoms with Gasteiger partial charge in [-0.3, -0.25) is 0 Å². The SMILES string of the molecule is CCNc1ncc(C)c(Nc2cc(Cl)cc(Cl)c2)n1. The normalized spacial score (nSPS) is 10.3. The van der Waals surface area contributed by atoms with E-state index in [0.717, 1.165) is 23.6 Å². The largest absolute Gasteiger partial charge is 0.354 e. The second kappa shape index (κ2) is 6.08. The molecule has 0 aliphatic heterocycles. The molecule has 0 saturated carbocycles. The summed E-state index contributed by atoms with van der Waals surface area (Å²) in [5, 5.41) is 7.42. The van der Waals surface area contributed by atoms with Crippen molar-refractivity contribution < 1.29 is 0 Å². The predicted molar refractivity (Wildman–Crippen MR) is 80.7 cm³/mol. The molecule has 0 fully saturated rings. The van der Waals surface area contributed by atoms with Crippen LogP contribution in [0, 0.1) is 6.92 Å². The lowest BCUT2D eigenvalue weighted by Gasteiger charge is -2.11. The number of anilines is 3. The van der Waals surface area contributed by atoms with E-state index in [1.165, 1.54) is 0 Å². The molecule has 6 heteroatoms. The Labute approximate surface area is 122 Å². The molecule has 0 saturated heterocycles. The Morgan fingerprint density at radius 2 is 1.84 bits per heavy atom. The Morgan fingerprint density at radius 1 is 1.16 bits per heavy atom. The molecule has 2 N–H and O–H groups in total. The van der Waals surface area contributed by atoms with E-state index in [2.05, 4.69) is 20.6 Å². The number of benzene rings is 1. The van der Waals surface area contributed by atoms with Crippen molar-refractivity contribution in [1.29, 1.82) is 0 Å². The topological polar surface area (TPSA) is 49.8 Å². The van der Waals surface area contributed by atoms with Crippen LogP contribution in [-0.4, -0.2) is 16.5 Å². The van der Waals surface area contributed by atoms with Crippen molar-refractivity contribution in [3.8, 4) is 0 Å². The molecule has 0 bridgehead atoms. The smallest absolute Gasteiger partial charge is 0.224 e. The van der Waals surface area contributed by atoms with E-state index in [4.69, 9.17) is 23.2 Å². The maximum Gasteiger partial charge on any atom is 0.224 e. The van der Waals surface area contributed by atoms with E-state index in [0.29, 0.717) is 16.0 Å². The molecule has 0 aliphatic carbocycles. The Morgan fingerprint density at radius 3 is 2.47 bits per heavy atom. The molecule has 2 rings (SSSR count). The van der Waals surface area contributed by atoms with Crippen molar-refractivity contribution in [3.63, 3.8) is 0 Å². The summed E-state index contributed by atoms with van der Waals surface area (Å²) in [5.41, 5.74) is 1.74. The van der Waals surface area contributed by atoms with Crippen LogP contribution >= 0.6 is 23.2 Å². The molecule has 1 aromatic carbocycles. The lowest BCUT2D eigenvalue weighted by Crippen LogP contribution is -2.05. The van der Waals surface area contributed by atoms with Gasteiger partial charge in [0, 0.05) is 34.0 Å². The molecule has 1 aromatic heterocycles. The molecule has 0 unspecified atom stereocenters. The van der Waals surface area contributed by atoms with Crippen LogP contribution in [0.4, 0.5) is 17.5 Å². The third-order valence-corrected chi connectivity index (χ3v) is 2.87. The lowest BCUT2D eigenvalue weighted by atomic mass is 10.3. The molecule has 0 aliphatic rings. The fourth-order valence-corrected chi connectivity index (χ4v) is 2.10. The summed E-state index contributed by atoms with van der Waals surface area (Å²) < 4.78 is 0. The summed E-state index contributed by atoms with van der Waals surface area (Å²) in [7, 11) is 0. The van der Waals surface area contributed by atoms with E-state index < -0.39 is 0 Å². The Kier molecular flexibility index (Phi) is 4.45. The summed E-state index contributed by atoms with van der Waals surface area (Å²) in [6.45, 7) is 4.70. The van der Waals surface area contributed by atoms with Crippen molar-refractivity contribution in [2.75, 3.05) is 17.2 Å². The lowest BCUT2D eigenvalue weighted by molar-refractivity contribution is 1.07. The van der Waals surface area contributed by atoms with Gasteiger partial charge in [-0.05, 0) is 32.0 Å². The number of hydrogen-bond acceptors (Lipinski definition) is 4. The first-order chi connectivity index (χ1) is 9.08. The van der Waals surface area contributed by atoms with Gasteiger partial charge in [-0.25, -0.2) is 4.98 Å². The van der Waals surface area contributed by atoms with E-state index in [1.54, 1.807) is 24.4 Å². The number of rotatable bonds is 4. The summed E-state index contributed by atoms with van der Waals surface area (Å²) in [6.07, 6.45) is 1.76. The van der Waals surface area contributed by atoms with E-state index in [1.807, 2.05) is 13.8 Å². The van der Waals surface area contributed by atoms with Crippen LogP contribution in [0.1, 0.15) is 12.5 Å². The average Bonchev–Trinajstić information content (AvgIpc) is 2.32. The summed E-state index contributed by atoms with van der Waals surface area (Å²) in [5.74, 6) is 1.31. The number of aromatic nitrogens is 2. The van der Waals surface area contributed by atoms with Crippen LogP contribution in [0.25, 0.3) is 0 Å². The van der Waals surface area contributed by atoms with Gasteiger partial charge in [0.1, 0.15) is 5.82 Å². The highest BCUT2D eigenvalue weighted by molar-refractivity contribution is 6.35. The minimum Gasteiger partial charge on any atom is -0.354 e. The summed E-state index contributed by atoms with van der Waals surface area (Å²) in [6, 6.07) is 5.27. The van der Waals surface area contributed by atoms with Gasteiger partial charge >= 0.3 is 0 Å².